The first-order valence-corrected chi connectivity index (χ1v) is 8.50. The minimum absolute atomic E-state index is 0.217. The van der Waals surface area contributed by atoms with E-state index in [1.165, 1.54) is 0 Å². The van der Waals surface area contributed by atoms with Crippen molar-refractivity contribution >= 4 is 47.6 Å². The van der Waals surface area contributed by atoms with Crippen molar-refractivity contribution in [1.29, 1.82) is 0 Å². The summed E-state index contributed by atoms with van der Waals surface area (Å²) >= 11 is 6.61. The molecule has 0 unspecified atom stereocenters. The molecule has 0 saturated heterocycles. The Morgan fingerprint density at radius 2 is 1.79 bits per heavy atom. The number of rotatable bonds is 3. The molecule has 6 heteroatoms. The Hall–Kier alpha value is -0.850. The second-order valence-electron chi connectivity index (χ2n) is 4.05. The average molecular weight is 405 g/mol. The number of hydrogen-bond acceptors (Lipinski definition) is 2. The Balaban J connectivity index is 2.36. The van der Waals surface area contributed by atoms with Crippen LogP contribution in [0.25, 0.3) is 0 Å². The van der Waals surface area contributed by atoms with Crippen LogP contribution in [0.15, 0.2) is 56.3 Å². The molecule has 0 heterocycles. The van der Waals surface area contributed by atoms with E-state index in [-0.39, 0.29) is 4.90 Å². The number of hydrogen-bond donors (Lipinski definition) is 1. The third-order valence-corrected chi connectivity index (χ3v) is 4.99. The summed E-state index contributed by atoms with van der Waals surface area (Å²) in [5.74, 6) is 0. The van der Waals surface area contributed by atoms with Gasteiger partial charge in [0.1, 0.15) is 0 Å². The first kappa shape index (κ1) is 14.6. The van der Waals surface area contributed by atoms with E-state index in [0.717, 1.165) is 10.0 Å². The fourth-order valence-corrected chi connectivity index (χ4v) is 3.94. The van der Waals surface area contributed by atoms with Crippen molar-refractivity contribution in [3.05, 3.63) is 57.0 Å². The summed E-state index contributed by atoms with van der Waals surface area (Å²) in [6, 6.07) is 12.0. The molecule has 2 aromatic rings. The van der Waals surface area contributed by atoms with Gasteiger partial charge in [0, 0.05) is 8.95 Å². The van der Waals surface area contributed by atoms with E-state index in [9.17, 15) is 8.42 Å². The normalized spacial score (nSPS) is 11.3. The van der Waals surface area contributed by atoms with Crippen LogP contribution >= 0.6 is 31.9 Å². The van der Waals surface area contributed by atoms with E-state index in [1.807, 2.05) is 19.1 Å². The van der Waals surface area contributed by atoms with Gasteiger partial charge in [-0.25, -0.2) is 8.42 Å². The molecule has 0 atom stereocenters. The first-order chi connectivity index (χ1) is 8.88. The molecule has 3 nitrogen and oxygen atoms in total. The number of halogens is 2. The summed E-state index contributed by atoms with van der Waals surface area (Å²) in [4.78, 5) is 0.217. The van der Waals surface area contributed by atoms with Crippen LogP contribution in [0.1, 0.15) is 5.56 Å². The molecule has 19 heavy (non-hydrogen) atoms. The number of benzene rings is 2. The van der Waals surface area contributed by atoms with Crippen LogP contribution in [0.5, 0.6) is 0 Å². The Labute approximate surface area is 129 Å². The zero-order valence-electron chi connectivity index (χ0n) is 10.0. The molecule has 0 aliphatic heterocycles. The zero-order chi connectivity index (χ0) is 14.0. The summed E-state index contributed by atoms with van der Waals surface area (Å²) in [5.41, 5.74) is 1.57. The van der Waals surface area contributed by atoms with E-state index < -0.39 is 10.0 Å². The van der Waals surface area contributed by atoms with Gasteiger partial charge in [-0.1, -0.05) is 28.1 Å². The second-order valence-corrected chi connectivity index (χ2v) is 7.50. The summed E-state index contributed by atoms with van der Waals surface area (Å²) in [6.45, 7) is 1.94. The lowest BCUT2D eigenvalue weighted by Crippen LogP contribution is -2.13. The highest BCUT2D eigenvalue weighted by molar-refractivity contribution is 9.10. The van der Waals surface area contributed by atoms with Crippen molar-refractivity contribution in [3.63, 3.8) is 0 Å². The van der Waals surface area contributed by atoms with Crippen LogP contribution < -0.4 is 4.72 Å². The topological polar surface area (TPSA) is 46.2 Å². The fraction of sp³-hybridized carbons (Fsp3) is 0.0769. The molecular formula is C13H11Br2NO2S. The third kappa shape index (κ3) is 3.58. The molecule has 0 fully saturated rings. The fourth-order valence-electron chi connectivity index (χ4n) is 1.54. The largest absolute Gasteiger partial charge is 0.278 e. The standard InChI is InChI=1S/C13H11Br2NO2S/c1-9-5-6-13(12(15)7-9)16-19(17,18)11-4-2-3-10(14)8-11/h2-8,16H,1H3. The van der Waals surface area contributed by atoms with Gasteiger partial charge in [0.25, 0.3) is 10.0 Å². The zero-order valence-corrected chi connectivity index (χ0v) is 14.0. The Morgan fingerprint density at radius 1 is 1.05 bits per heavy atom. The smallest absolute Gasteiger partial charge is 0.261 e. The van der Waals surface area contributed by atoms with Crippen LogP contribution in [0.2, 0.25) is 0 Å². The Morgan fingerprint density at radius 3 is 2.42 bits per heavy atom. The van der Waals surface area contributed by atoms with Crippen molar-refractivity contribution < 1.29 is 8.42 Å². The highest BCUT2D eigenvalue weighted by Gasteiger charge is 2.15. The highest BCUT2D eigenvalue weighted by atomic mass is 79.9. The monoisotopic (exact) mass is 403 g/mol. The Bertz CT molecular complexity index is 714. The minimum atomic E-state index is -3.58. The van der Waals surface area contributed by atoms with Gasteiger partial charge < -0.3 is 0 Å². The van der Waals surface area contributed by atoms with Crippen molar-refractivity contribution in [3.8, 4) is 0 Å². The molecule has 0 aliphatic rings. The van der Waals surface area contributed by atoms with Crippen LogP contribution in [-0.2, 0) is 10.0 Å². The number of sulfonamides is 1. The molecule has 0 bridgehead atoms. The van der Waals surface area contributed by atoms with Gasteiger partial charge in [0.05, 0.1) is 10.6 Å². The minimum Gasteiger partial charge on any atom is -0.278 e. The summed E-state index contributed by atoms with van der Waals surface area (Å²) in [5, 5.41) is 0. The van der Waals surface area contributed by atoms with Crippen molar-refractivity contribution in [1.82, 2.24) is 0 Å². The van der Waals surface area contributed by atoms with Crippen LogP contribution in [0, 0.1) is 6.92 Å². The van der Waals surface area contributed by atoms with E-state index in [1.54, 1.807) is 30.3 Å². The van der Waals surface area contributed by atoms with Gasteiger partial charge in [-0.3, -0.25) is 4.72 Å². The Kier molecular flexibility index (Phi) is 4.32. The molecule has 0 amide bonds. The molecule has 0 saturated carbocycles. The highest BCUT2D eigenvalue weighted by Crippen LogP contribution is 2.26. The quantitative estimate of drug-likeness (QED) is 0.827. The molecule has 0 spiro atoms. The SMILES string of the molecule is Cc1ccc(NS(=O)(=O)c2cccc(Br)c2)c(Br)c1. The molecule has 2 rings (SSSR count). The van der Waals surface area contributed by atoms with Gasteiger partial charge in [-0.15, -0.1) is 0 Å². The van der Waals surface area contributed by atoms with Crippen LogP contribution in [0.3, 0.4) is 0 Å². The molecule has 0 aliphatic carbocycles. The molecule has 2 aromatic carbocycles. The van der Waals surface area contributed by atoms with Gasteiger partial charge in [0.15, 0.2) is 0 Å². The number of nitrogens with one attached hydrogen (secondary N) is 1. The molecule has 1 N–H and O–H groups in total. The van der Waals surface area contributed by atoms with Crippen LogP contribution in [-0.4, -0.2) is 8.42 Å². The number of anilines is 1. The summed E-state index contributed by atoms with van der Waals surface area (Å²) < 4.78 is 28.5. The first-order valence-electron chi connectivity index (χ1n) is 5.43. The van der Waals surface area contributed by atoms with E-state index in [4.69, 9.17) is 0 Å². The third-order valence-electron chi connectivity index (χ3n) is 2.48. The van der Waals surface area contributed by atoms with E-state index in [0.29, 0.717) is 10.2 Å². The predicted molar refractivity (Wildman–Crippen MR) is 83.8 cm³/mol. The number of aryl methyl sites for hydroxylation is 1. The van der Waals surface area contributed by atoms with E-state index in [2.05, 4.69) is 36.6 Å². The lowest BCUT2D eigenvalue weighted by atomic mass is 10.2. The van der Waals surface area contributed by atoms with Crippen molar-refractivity contribution in [2.45, 2.75) is 11.8 Å². The average Bonchev–Trinajstić information content (AvgIpc) is 2.33. The maximum Gasteiger partial charge on any atom is 0.261 e. The predicted octanol–water partition coefficient (Wildman–Crippen LogP) is 4.32. The maximum atomic E-state index is 12.2. The maximum absolute atomic E-state index is 12.2. The van der Waals surface area contributed by atoms with Crippen molar-refractivity contribution in [2.24, 2.45) is 0 Å². The molecular weight excluding hydrogens is 394 g/mol. The van der Waals surface area contributed by atoms with Gasteiger partial charge in [-0.05, 0) is 58.7 Å². The van der Waals surface area contributed by atoms with Crippen LogP contribution in [0.4, 0.5) is 5.69 Å². The van der Waals surface area contributed by atoms with E-state index >= 15 is 0 Å². The second kappa shape index (κ2) is 5.64. The molecule has 0 radical (unpaired) electrons. The van der Waals surface area contributed by atoms with Gasteiger partial charge >= 0.3 is 0 Å². The van der Waals surface area contributed by atoms with Gasteiger partial charge in [0.2, 0.25) is 0 Å². The van der Waals surface area contributed by atoms with Crippen molar-refractivity contribution in [2.75, 3.05) is 4.72 Å². The lowest BCUT2D eigenvalue weighted by molar-refractivity contribution is 0.601. The lowest BCUT2D eigenvalue weighted by Gasteiger charge is -2.10. The summed E-state index contributed by atoms with van der Waals surface area (Å²) in [6.07, 6.45) is 0. The summed E-state index contributed by atoms with van der Waals surface area (Å²) in [7, 11) is -3.58. The molecule has 0 aromatic heterocycles. The van der Waals surface area contributed by atoms with Gasteiger partial charge in [-0.2, -0.15) is 0 Å². The molecule has 100 valence electrons.